The second-order valence-corrected chi connectivity index (χ2v) is 8.89. The van der Waals surface area contributed by atoms with Gasteiger partial charge in [-0.25, -0.2) is 4.98 Å². The van der Waals surface area contributed by atoms with E-state index in [0.29, 0.717) is 41.0 Å². The first-order valence-electron chi connectivity index (χ1n) is 11.8. The predicted molar refractivity (Wildman–Crippen MR) is 133 cm³/mol. The molecule has 1 atom stereocenters. The highest BCUT2D eigenvalue weighted by Crippen LogP contribution is 2.17. The molecule has 2 aromatic rings. The van der Waals surface area contributed by atoms with Crippen molar-refractivity contribution in [2.75, 3.05) is 46.4 Å². The number of likely N-dealkylation sites (tertiary alicyclic amines) is 1. The molecule has 0 bridgehead atoms. The Balaban J connectivity index is 1.24. The van der Waals surface area contributed by atoms with E-state index in [0.717, 1.165) is 44.7 Å². The lowest BCUT2D eigenvalue weighted by atomic mass is 10.1. The molecule has 2 aliphatic heterocycles. The van der Waals surface area contributed by atoms with Crippen molar-refractivity contribution in [3.8, 4) is 5.88 Å². The van der Waals surface area contributed by atoms with E-state index >= 15 is 0 Å². The Morgan fingerprint density at radius 1 is 1.37 bits per heavy atom. The lowest BCUT2D eigenvalue weighted by Crippen LogP contribution is -2.33. The van der Waals surface area contributed by atoms with Gasteiger partial charge in [0.2, 0.25) is 5.88 Å². The molecule has 2 aromatic heterocycles. The summed E-state index contributed by atoms with van der Waals surface area (Å²) in [6, 6.07) is 3.56. The van der Waals surface area contributed by atoms with Crippen LogP contribution in [0, 0.1) is 5.92 Å². The number of aromatic nitrogens is 3. The molecular weight excluding hydrogens is 448 g/mol. The van der Waals surface area contributed by atoms with Crippen LogP contribution in [0.2, 0.25) is 0 Å². The number of allylic oxidation sites excluding steroid dienone is 2. The lowest BCUT2D eigenvalue weighted by molar-refractivity contribution is -0.125. The van der Waals surface area contributed by atoms with E-state index in [2.05, 4.69) is 39.0 Å². The van der Waals surface area contributed by atoms with Crippen molar-refractivity contribution in [2.45, 2.75) is 19.9 Å². The molecule has 186 valence electrons. The first-order valence-corrected chi connectivity index (χ1v) is 11.8. The van der Waals surface area contributed by atoms with Gasteiger partial charge in [-0.05, 0) is 44.5 Å². The second-order valence-electron chi connectivity index (χ2n) is 8.89. The molecular formula is C25H32N6O4. The minimum absolute atomic E-state index is 0.0187. The summed E-state index contributed by atoms with van der Waals surface area (Å²) < 4.78 is 12.3. The summed E-state index contributed by atoms with van der Waals surface area (Å²) in [7, 11) is 1.56. The van der Waals surface area contributed by atoms with E-state index in [1.165, 1.54) is 6.20 Å². The number of nitrogens with one attached hydrogen (secondary N) is 2. The van der Waals surface area contributed by atoms with Crippen LogP contribution in [0.5, 0.6) is 5.88 Å². The normalized spacial score (nSPS) is 20.3. The molecule has 0 aromatic carbocycles. The molecule has 35 heavy (non-hydrogen) atoms. The number of pyridine rings is 1. The number of fused-ring (bicyclic) bond motifs is 1. The number of carbonyl (C=O) groups excluding carboxylic acids is 1. The maximum atomic E-state index is 12.4. The number of hydrogen-bond acceptors (Lipinski definition) is 8. The number of nitrogens with zero attached hydrogens (tertiary/aromatic N) is 4. The molecule has 0 aliphatic carbocycles. The van der Waals surface area contributed by atoms with E-state index in [-0.39, 0.29) is 18.1 Å². The van der Waals surface area contributed by atoms with Gasteiger partial charge in [-0.3, -0.25) is 14.2 Å². The van der Waals surface area contributed by atoms with Crippen molar-refractivity contribution in [3.05, 3.63) is 64.4 Å². The van der Waals surface area contributed by atoms with Gasteiger partial charge >= 0.3 is 0 Å². The van der Waals surface area contributed by atoms with Crippen molar-refractivity contribution in [2.24, 2.45) is 5.92 Å². The van der Waals surface area contributed by atoms with Crippen LogP contribution in [0.3, 0.4) is 0 Å². The molecule has 10 heteroatoms. The van der Waals surface area contributed by atoms with Gasteiger partial charge in [0.15, 0.2) is 12.3 Å². The summed E-state index contributed by atoms with van der Waals surface area (Å²) in [5.74, 6) is 1.43. The Morgan fingerprint density at radius 2 is 2.23 bits per heavy atom. The van der Waals surface area contributed by atoms with Gasteiger partial charge in [-0.1, -0.05) is 18.2 Å². The summed E-state index contributed by atoms with van der Waals surface area (Å²) in [5.41, 5.74) is 2.72. The van der Waals surface area contributed by atoms with Gasteiger partial charge in [-0.15, -0.1) is 0 Å². The van der Waals surface area contributed by atoms with Crippen LogP contribution in [0.25, 0.3) is 11.2 Å². The number of carbonyl (C=O) groups is 1. The van der Waals surface area contributed by atoms with Crippen molar-refractivity contribution in [3.63, 3.8) is 0 Å². The van der Waals surface area contributed by atoms with E-state index < -0.39 is 0 Å². The number of amides is 1. The number of hydrogen-bond donors (Lipinski definition) is 2. The summed E-state index contributed by atoms with van der Waals surface area (Å²) in [4.78, 5) is 34.7. The van der Waals surface area contributed by atoms with E-state index in [4.69, 9.17) is 9.47 Å². The van der Waals surface area contributed by atoms with Crippen LogP contribution >= 0.6 is 0 Å². The fraction of sp³-hybridized carbons (Fsp3) is 0.440. The third-order valence-electron chi connectivity index (χ3n) is 6.19. The Labute approximate surface area is 204 Å². The molecule has 0 radical (unpaired) electrons. The van der Waals surface area contributed by atoms with Gasteiger partial charge in [-0.2, -0.15) is 4.98 Å². The minimum Gasteiger partial charge on any atom is -0.482 e. The van der Waals surface area contributed by atoms with Gasteiger partial charge < -0.3 is 25.0 Å². The van der Waals surface area contributed by atoms with Gasteiger partial charge in [0, 0.05) is 32.2 Å². The van der Waals surface area contributed by atoms with Gasteiger partial charge in [0.05, 0.1) is 19.0 Å². The number of methoxy groups -OCH3 is 1. The Morgan fingerprint density at radius 3 is 3.03 bits per heavy atom. The number of rotatable bonds is 9. The molecule has 2 N–H and O–H groups in total. The average molecular weight is 481 g/mol. The van der Waals surface area contributed by atoms with Crippen LogP contribution < -0.4 is 20.9 Å². The quantitative estimate of drug-likeness (QED) is 0.551. The smallest absolute Gasteiger partial charge is 0.270 e. The molecule has 1 unspecified atom stereocenters. The molecule has 2 fully saturated rings. The molecule has 0 spiro atoms. The topological polar surface area (TPSA) is 111 Å². The highest BCUT2D eigenvalue weighted by molar-refractivity contribution is 5.81. The fourth-order valence-corrected chi connectivity index (χ4v) is 4.27. The maximum absolute atomic E-state index is 12.4. The highest BCUT2D eigenvalue weighted by atomic mass is 16.5. The third-order valence-corrected chi connectivity index (χ3v) is 6.19. The van der Waals surface area contributed by atoms with Crippen LogP contribution in [0.4, 0.5) is 0 Å². The van der Waals surface area contributed by atoms with E-state index in [1.807, 2.05) is 18.2 Å². The molecule has 4 rings (SSSR count). The Kier molecular flexibility index (Phi) is 7.94. The maximum Gasteiger partial charge on any atom is 0.270 e. The summed E-state index contributed by atoms with van der Waals surface area (Å²) in [6.07, 6.45) is 6.29. The van der Waals surface area contributed by atoms with Crippen LogP contribution in [-0.4, -0.2) is 71.8 Å². The summed E-state index contributed by atoms with van der Waals surface area (Å²) >= 11 is 0. The van der Waals surface area contributed by atoms with Crippen molar-refractivity contribution in [1.82, 2.24) is 30.1 Å². The van der Waals surface area contributed by atoms with Crippen molar-refractivity contribution in [1.29, 1.82) is 0 Å². The Hall–Kier alpha value is -3.50. The summed E-state index contributed by atoms with van der Waals surface area (Å²) in [5, 5.41) is 6.20. The molecule has 4 heterocycles. The molecule has 1 amide bonds. The first-order chi connectivity index (χ1) is 16.9. The third kappa shape index (κ3) is 6.34. The predicted octanol–water partition coefficient (Wildman–Crippen LogP) is 1.20. The van der Waals surface area contributed by atoms with Crippen LogP contribution in [0.15, 0.2) is 58.9 Å². The zero-order valence-electron chi connectivity index (χ0n) is 20.2. The molecule has 10 nitrogen and oxygen atoms in total. The zero-order chi connectivity index (χ0) is 24.8. The standard InChI is InChI=1S/C25H32N6O4/c1-17(4-6-21-18(2)28-22(32)16-35-21)12-26-13-19-8-9-30(15-19)10-11-31-24(33)14-27-20-5-7-23(34-3)29-25(20)31/h4-7,14,19,26H,2,8-13,15-16H2,1,3H3,(H,28,32)/b17-4+,21-6+. The SMILES string of the molecule is C=C1NC(=O)CO/C1=C/C=C(\C)CNCC1CCN(CCn2c(=O)cnc3ccc(OC)nc32)C1. The largest absolute Gasteiger partial charge is 0.482 e. The van der Waals surface area contributed by atoms with Crippen molar-refractivity contribution >= 4 is 17.1 Å². The average Bonchev–Trinajstić information content (AvgIpc) is 3.30. The Bertz CT molecular complexity index is 1220. The molecule has 2 saturated heterocycles. The summed E-state index contributed by atoms with van der Waals surface area (Å²) in [6.45, 7) is 10.9. The van der Waals surface area contributed by atoms with Crippen LogP contribution in [-0.2, 0) is 16.1 Å². The lowest BCUT2D eigenvalue weighted by Gasteiger charge is -2.18. The molecule has 2 aliphatic rings. The van der Waals surface area contributed by atoms with Crippen LogP contribution in [0.1, 0.15) is 13.3 Å². The first kappa shape index (κ1) is 24.6. The highest BCUT2D eigenvalue weighted by Gasteiger charge is 2.22. The fourth-order valence-electron chi connectivity index (χ4n) is 4.27. The van der Waals surface area contributed by atoms with E-state index in [1.54, 1.807) is 17.7 Å². The minimum atomic E-state index is -0.182. The van der Waals surface area contributed by atoms with Gasteiger partial charge in [0.1, 0.15) is 11.3 Å². The number of morpholine rings is 1. The van der Waals surface area contributed by atoms with Gasteiger partial charge in [0.25, 0.3) is 11.5 Å². The molecule has 0 saturated carbocycles. The second kappa shape index (κ2) is 11.3. The zero-order valence-corrected chi connectivity index (χ0v) is 20.2. The van der Waals surface area contributed by atoms with Crippen molar-refractivity contribution < 1.29 is 14.3 Å². The van der Waals surface area contributed by atoms with E-state index in [9.17, 15) is 9.59 Å². The number of ether oxygens (including phenoxy) is 2. The monoisotopic (exact) mass is 480 g/mol.